The van der Waals surface area contributed by atoms with Crippen LogP contribution in [-0.2, 0) is 4.79 Å². The van der Waals surface area contributed by atoms with Crippen molar-refractivity contribution in [1.82, 2.24) is 4.90 Å². The number of hydrogen-bond donors (Lipinski definition) is 0. The van der Waals surface area contributed by atoms with Gasteiger partial charge in [-0.15, -0.1) is 0 Å². The fourth-order valence-electron chi connectivity index (χ4n) is 3.39. The molecule has 1 aliphatic rings. The summed E-state index contributed by atoms with van der Waals surface area (Å²) in [5.74, 6) is -0.339. The lowest BCUT2D eigenvalue weighted by Gasteiger charge is -2.17. The molecule has 27 heavy (non-hydrogen) atoms. The van der Waals surface area contributed by atoms with Crippen molar-refractivity contribution in [3.05, 3.63) is 64.8 Å². The van der Waals surface area contributed by atoms with Crippen LogP contribution in [0, 0.1) is 5.82 Å². The zero-order valence-electron chi connectivity index (χ0n) is 14.8. The molecule has 2 aromatic carbocycles. The number of likely N-dealkylation sites (N-methyl/N-ethyl adjacent to an activating group) is 1. The van der Waals surface area contributed by atoms with E-state index < -0.39 is 0 Å². The van der Waals surface area contributed by atoms with E-state index in [1.165, 1.54) is 36.6 Å². The van der Waals surface area contributed by atoms with Crippen LogP contribution in [0.1, 0.15) is 12.8 Å². The summed E-state index contributed by atoms with van der Waals surface area (Å²) in [6, 6.07) is 10.1. The summed E-state index contributed by atoms with van der Waals surface area (Å²) < 4.78 is 24.1. The van der Waals surface area contributed by atoms with Crippen molar-refractivity contribution in [3.63, 3.8) is 0 Å². The molecule has 1 aliphatic heterocycles. The van der Waals surface area contributed by atoms with Gasteiger partial charge in [-0.05, 0) is 56.3 Å². The molecule has 0 spiro atoms. The second kappa shape index (κ2) is 6.96. The van der Waals surface area contributed by atoms with Gasteiger partial charge < -0.3 is 9.15 Å². The Hall–Kier alpha value is -2.99. The average Bonchev–Trinajstić information content (AvgIpc) is 3.09. The first-order valence-electron chi connectivity index (χ1n) is 8.76. The molecule has 5 nitrogen and oxygen atoms in total. The average molecular weight is 367 g/mol. The molecule has 1 fully saturated rings. The first-order valence-corrected chi connectivity index (χ1v) is 8.76. The minimum absolute atomic E-state index is 0.226. The topological polar surface area (TPSA) is 59.8 Å². The Bertz CT molecular complexity index is 1060. The molecule has 2 heterocycles. The van der Waals surface area contributed by atoms with Gasteiger partial charge in [0.2, 0.25) is 0 Å². The highest BCUT2D eigenvalue weighted by molar-refractivity contribution is 5.84. The molecule has 4 rings (SSSR count). The molecular formula is C21H18FNO4. The molecule has 1 saturated heterocycles. The van der Waals surface area contributed by atoms with Crippen LogP contribution >= 0.6 is 0 Å². The standard InChI is InChI=1S/C21H18FNO4/c1-23-10-2-3-18(23)21(25)27-15-8-9-16-19(11-15)26-12-17(20(16)24)13-4-6-14(22)7-5-13/h4-9,11-12,18H,2-3,10H2,1H3/t18-/m0/s1. The molecule has 3 aromatic rings. The van der Waals surface area contributed by atoms with Gasteiger partial charge in [0.05, 0.1) is 10.9 Å². The highest BCUT2D eigenvalue weighted by atomic mass is 19.1. The van der Waals surface area contributed by atoms with Crippen molar-refractivity contribution in [2.24, 2.45) is 0 Å². The molecule has 0 bridgehead atoms. The lowest BCUT2D eigenvalue weighted by molar-refractivity contribution is -0.138. The van der Waals surface area contributed by atoms with E-state index in [0.717, 1.165) is 19.4 Å². The van der Waals surface area contributed by atoms with Crippen molar-refractivity contribution in [3.8, 4) is 16.9 Å². The van der Waals surface area contributed by atoms with E-state index in [1.54, 1.807) is 12.1 Å². The van der Waals surface area contributed by atoms with E-state index in [-0.39, 0.29) is 23.3 Å². The third-order valence-electron chi connectivity index (χ3n) is 4.91. The van der Waals surface area contributed by atoms with Crippen LogP contribution < -0.4 is 10.2 Å². The van der Waals surface area contributed by atoms with Crippen molar-refractivity contribution in [2.45, 2.75) is 18.9 Å². The minimum atomic E-state index is -0.372. The lowest BCUT2D eigenvalue weighted by atomic mass is 10.1. The summed E-state index contributed by atoms with van der Waals surface area (Å²) in [6.45, 7) is 0.874. The number of carbonyl (C=O) groups excluding carboxylic acids is 1. The Morgan fingerprint density at radius 3 is 2.70 bits per heavy atom. The molecule has 0 amide bonds. The fraction of sp³-hybridized carbons (Fsp3) is 0.238. The number of benzene rings is 2. The molecule has 0 radical (unpaired) electrons. The number of nitrogens with zero attached hydrogens (tertiary/aromatic N) is 1. The number of carbonyl (C=O) groups is 1. The minimum Gasteiger partial charge on any atom is -0.463 e. The molecule has 6 heteroatoms. The van der Waals surface area contributed by atoms with Gasteiger partial charge in [-0.2, -0.15) is 0 Å². The van der Waals surface area contributed by atoms with Crippen LogP contribution in [0.5, 0.6) is 5.75 Å². The van der Waals surface area contributed by atoms with Crippen molar-refractivity contribution in [1.29, 1.82) is 0 Å². The molecule has 138 valence electrons. The Balaban J connectivity index is 1.64. The predicted molar refractivity (Wildman–Crippen MR) is 99.2 cm³/mol. The third kappa shape index (κ3) is 3.36. The van der Waals surface area contributed by atoms with Crippen molar-refractivity contribution in [2.75, 3.05) is 13.6 Å². The number of esters is 1. The van der Waals surface area contributed by atoms with Crippen LogP contribution in [0.25, 0.3) is 22.1 Å². The van der Waals surface area contributed by atoms with Gasteiger partial charge in [0.15, 0.2) is 5.43 Å². The van der Waals surface area contributed by atoms with Crippen LogP contribution in [0.4, 0.5) is 4.39 Å². The van der Waals surface area contributed by atoms with Gasteiger partial charge >= 0.3 is 5.97 Å². The first kappa shape index (κ1) is 17.4. The van der Waals surface area contributed by atoms with Gasteiger partial charge in [0.25, 0.3) is 0 Å². The number of hydrogen-bond acceptors (Lipinski definition) is 5. The molecule has 1 atom stereocenters. The SMILES string of the molecule is CN1CCC[C@H]1C(=O)Oc1ccc2c(=O)c(-c3ccc(F)cc3)coc2c1. The lowest BCUT2D eigenvalue weighted by Crippen LogP contribution is -2.35. The molecule has 0 N–H and O–H groups in total. The van der Waals surface area contributed by atoms with E-state index in [1.807, 2.05) is 11.9 Å². The summed E-state index contributed by atoms with van der Waals surface area (Å²) in [5, 5.41) is 0.370. The molecule has 0 saturated carbocycles. The third-order valence-corrected chi connectivity index (χ3v) is 4.91. The molecule has 1 aromatic heterocycles. The highest BCUT2D eigenvalue weighted by Gasteiger charge is 2.29. The van der Waals surface area contributed by atoms with Crippen LogP contribution in [0.2, 0.25) is 0 Å². The number of likely N-dealkylation sites (tertiary alicyclic amines) is 1. The van der Waals surface area contributed by atoms with Gasteiger partial charge in [-0.25, -0.2) is 9.18 Å². The van der Waals surface area contributed by atoms with Crippen LogP contribution in [-0.4, -0.2) is 30.5 Å². The maximum absolute atomic E-state index is 13.1. The normalized spacial score (nSPS) is 17.3. The summed E-state index contributed by atoms with van der Waals surface area (Å²) in [5.41, 5.74) is 1.03. The van der Waals surface area contributed by atoms with Gasteiger partial charge in [-0.1, -0.05) is 12.1 Å². The van der Waals surface area contributed by atoms with Gasteiger partial charge in [-0.3, -0.25) is 9.69 Å². The number of fused-ring (bicyclic) bond motifs is 1. The Kier molecular flexibility index (Phi) is 4.49. The van der Waals surface area contributed by atoms with E-state index in [2.05, 4.69) is 0 Å². The van der Waals surface area contributed by atoms with E-state index in [0.29, 0.717) is 27.8 Å². The van der Waals surface area contributed by atoms with Gasteiger partial charge in [0.1, 0.15) is 29.5 Å². The maximum atomic E-state index is 13.1. The van der Waals surface area contributed by atoms with Gasteiger partial charge in [0, 0.05) is 6.07 Å². The molecular weight excluding hydrogens is 349 g/mol. The fourth-order valence-corrected chi connectivity index (χ4v) is 3.39. The highest BCUT2D eigenvalue weighted by Crippen LogP contribution is 2.24. The first-order chi connectivity index (χ1) is 13.0. The number of ether oxygens (including phenoxy) is 1. The summed E-state index contributed by atoms with van der Waals surface area (Å²) in [4.78, 5) is 27.0. The second-order valence-corrected chi connectivity index (χ2v) is 6.70. The monoisotopic (exact) mass is 367 g/mol. The smallest absolute Gasteiger partial charge is 0.328 e. The Labute approximate surface area is 155 Å². The maximum Gasteiger partial charge on any atom is 0.328 e. The van der Waals surface area contributed by atoms with Crippen molar-refractivity contribution < 1.29 is 18.3 Å². The van der Waals surface area contributed by atoms with Crippen LogP contribution in [0.15, 0.2) is 57.9 Å². The van der Waals surface area contributed by atoms with E-state index in [9.17, 15) is 14.0 Å². The molecule has 0 unspecified atom stereocenters. The summed E-state index contributed by atoms with van der Waals surface area (Å²) in [6.07, 6.45) is 3.09. The molecule has 0 aliphatic carbocycles. The Morgan fingerprint density at radius 1 is 1.22 bits per heavy atom. The summed E-state index contributed by atoms with van der Waals surface area (Å²) in [7, 11) is 1.90. The van der Waals surface area contributed by atoms with E-state index in [4.69, 9.17) is 9.15 Å². The zero-order chi connectivity index (χ0) is 19.0. The Morgan fingerprint density at radius 2 is 2.00 bits per heavy atom. The van der Waals surface area contributed by atoms with Crippen LogP contribution in [0.3, 0.4) is 0 Å². The van der Waals surface area contributed by atoms with E-state index >= 15 is 0 Å². The van der Waals surface area contributed by atoms with Crippen molar-refractivity contribution >= 4 is 16.9 Å². The number of rotatable bonds is 3. The zero-order valence-corrected chi connectivity index (χ0v) is 14.8. The second-order valence-electron chi connectivity index (χ2n) is 6.70. The largest absolute Gasteiger partial charge is 0.463 e. The quantitative estimate of drug-likeness (QED) is 0.523. The number of halogens is 1. The summed E-state index contributed by atoms with van der Waals surface area (Å²) >= 11 is 0. The predicted octanol–water partition coefficient (Wildman–Crippen LogP) is 3.60.